The molecule has 0 heterocycles. The van der Waals surface area contributed by atoms with E-state index >= 15 is 4.39 Å². The lowest BCUT2D eigenvalue weighted by Crippen LogP contribution is -2.35. The van der Waals surface area contributed by atoms with Gasteiger partial charge in [-0.1, -0.05) is 30.8 Å². The highest BCUT2D eigenvalue weighted by Crippen LogP contribution is 2.21. The van der Waals surface area contributed by atoms with Crippen molar-refractivity contribution in [3.63, 3.8) is 0 Å². The molecule has 0 fully saturated rings. The van der Waals surface area contributed by atoms with E-state index in [1.165, 1.54) is 57.7 Å². The van der Waals surface area contributed by atoms with Crippen molar-refractivity contribution in [1.29, 1.82) is 0 Å². The van der Waals surface area contributed by atoms with Gasteiger partial charge in [-0.25, -0.2) is 26.6 Å². The molecule has 240 valence electrons. The lowest BCUT2D eigenvalue weighted by molar-refractivity contribution is 0.0357. The van der Waals surface area contributed by atoms with Gasteiger partial charge >= 0.3 is 6.09 Å². The molecule has 15 heteroatoms. The van der Waals surface area contributed by atoms with Crippen LogP contribution in [-0.2, 0) is 35.9 Å². The minimum atomic E-state index is -4.57. The van der Waals surface area contributed by atoms with Gasteiger partial charge in [0.2, 0.25) is 15.8 Å². The van der Waals surface area contributed by atoms with Gasteiger partial charge in [0, 0.05) is 7.05 Å². The molecular weight excluding hydrogens is 615 g/mol. The third-order valence-electron chi connectivity index (χ3n) is 5.81. The van der Waals surface area contributed by atoms with Gasteiger partial charge in [-0.3, -0.25) is 4.90 Å². The number of halogens is 1. The van der Waals surface area contributed by atoms with Gasteiger partial charge in [-0.15, -0.1) is 0 Å². The number of benzene rings is 2. The molecule has 2 aromatic carbocycles. The SMILES string of the molecule is C=C(/C(N)=C(F)/N=C(\N=C(/C)S(=O)(=O)Cc1ccc(OC)cc1)S(=O)(=O)Cc1ccc(OC)cc1)N(C)C(=O)OC(C)(C)C. The highest BCUT2D eigenvalue weighted by Gasteiger charge is 2.27. The molecule has 1 amide bonds. The number of amidine groups is 1. The average Bonchev–Trinajstić information content (AvgIpc) is 2.94. The van der Waals surface area contributed by atoms with E-state index in [4.69, 9.17) is 19.9 Å². The van der Waals surface area contributed by atoms with Gasteiger partial charge in [0.15, 0.2) is 9.84 Å². The number of carbonyl (C=O) groups is 1. The van der Waals surface area contributed by atoms with Crippen molar-refractivity contribution >= 4 is 36.0 Å². The smallest absolute Gasteiger partial charge is 0.414 e. The summed E-state index contributed by atoms with van der Waals surface area (Å²) in [4.78, 5) is 20.5. The van der Waals surface area contributed by atoms with E-state index in [9.17, 15) is 21.6 Å². The summed E-state index contributed by atoms with van der Waals surface area (Å²) in [7, 11) is -4.65. The Hall–Kier alpha value is -4.24. The molecule has 12 nitrogen and oxygen atoms in total. The maximum Gasteiger partial charge on any atom is 0.414 e. The first-order valence-corrected chi connectivity index (χ1v) is 16.3. The fourth-order valence-corrected chi connectivity index (χ4v) is 5.68. The zero-order valence-corrected chi connectivity index (χ0v) is 27.3. The topological polar surface area (TPSA) is 167 Å². The van der Waals surface area contributed by atoms with Crippen molar-refractivity contribution in [2.75, 3.05) is 21.3 Å². The number of likely N-dealkylation sites (N-methyl/N-ethyl adjacent to an activating group) is 1. The van der Waals surface area contributed by atoms with Crippen LogP contribution in [0.4, 0.5) is 9.18 Å². The van der Waals surface area contributed by atoms with Crippen LogP contribution in [0.25, 0.3) is 0 Å². The van der Waals surface area contributed by atoms with E-state index in [0.717, 1.165) is 11.8 Å². The first kappa shape index (κ1) is 36.0. The Balaban J connectivity index is 2.58. The molecule has 0 spiro atoms. The van der Waals surface area contributed by atoms with Crippen LogP contribution in [-0.4, -0.2) is 64.9 Å². The van der Waals surface area contributed by atoms with E-state index in [1.807, 2.05) is 0 Å². The molecule has 2 aromatic rings. The van der Waals surface area contributed by atoms with Crippen molar-refractivity contribution in [3.8, 4) is 11.5 Å². The molecule has 0 saturated heterocycles. The van der Waals surface area contributed by atoms with Crippen LogP contribution in [0.15, 0.2) is 82.4 Å². The molecule has 0 saturated carbocycles. The second-order valence-electron chi connectivity index (χ2n) is 10.4. The van der Waals surface area contributed by atoms with Crippen LogP contribution in [0, 0.1) is 0 Å². The second kappa shape index (κ2) is 14.5. The Kier molecular flexibility index (Phi) is 11.8. The number of sulfone groups is 2. The van der Waals surface area contributed by atoms with Crippen LogP contribution in [0.5, 0.6) is 11.5 Å². The number of carbonyl (C=O) groups excluding carboxylic acids is 1. The van der Waals surface area contributed by atoms with E-state index in [0.29, 0.717) is 17.1 Å². The predicted octanol–water partition coefficient (Wildman–Crippen LogP) is 4.49. The van der Waals surface area contributed by atoms with Crippen molar-refractivity contribution in [2.24, 2.45) is 15.7 Å². The van der Waals surface area contributed by atoms with Crippen LogP contribution < -0.4 is 15.2 Å². The number of hydrogen-bond donors (Lipinski definition) is 1. The predicted molar refractivity (Wildman–Crippen MR) is 167 cm³/mol. The Morgan fingerprint density at radius 1 is 0.886 bits per heavy atom. The van der Waals surface area contributed by atoms with Gasteiger partial charge in [0.25, 0.3) is 5.17 Å². The quantitative estimate of drug-likeness (QED) is 0.178. The van der Waals surface area contributed by atoms with E-state index in [1.54, 1.807) is 32.9 Å². The van der Waals surface area contributed by atoms with Gasteiger partial charge in [0.05, 0.1) is 31.4 Å². The number of amides is 1. The molecule has 0 aromatic heterocycles. The number of hydrogen-bond acceptors (Lipinski definition) is 10. The Bertz CT molecular complexity index is 1680. The third-order valence-corrected chi connectivity index (χ3v) is 8.97. The fraction of sp³-hybridized carbons (Fsp3) is 0.345. The van der Waals surface area contributed by atoms with Crippen molar-refractivity contribution in [2.45, 2.75) is 44.8 Å². The summed E-state index contributed by atoms with van der Waals surface area (Å²) < 4.78 is 83.9. The normalized spacial score (nSPS) is 13.5. The first-order chi connectivity index (χ1) is 20.3. The number of rotatable bonds is 9. The summed E-state index contributed by atoms with van der Waals surface area (Å²) in [6, 6.07) is 12.1. The molecule has 0 aliphatic heterocycles. The summed E-state index contributed by atoms with van der Waals surface area (Å²) in [5, 5.41) is -1.79. The van der Waals surface area contributed by atoms with Gasteiger partial charge in [-0.05, 0) is 63.1 Å². The summed E-state index contributed by atoms with van der Waals surface area (Å²) in [5.41, 5.74) is 4.41. The zero-order valence-electron chi connectivity index (χ0n) is 25.6. The van der Waals surface area contributed by atoms with Crippen molar-refractivity contribution in [3.05, 3.63) is 83.6 Å². The van der Waals surface area contributed by atoms with E-state index < -0.39 is 64.7 Å². The second-order valence-corrected chi connectivity index (χ2v) is 14.4. The van der Waals surface area contributed by atoms with Gasteiger partial charge < -0.3 is 19.9 Å². The van der Waals surface area contributed by atoms with Crippen LogP contribution in [0.2, 0.25) is 0 Å². The molecular formula is C29H37FN4O8S2. The maximum absolute atomic E-state index is 15.4. The van der Waals surface area contributed by atoms with E-state index in [-0.39, 0.29) is 11.3 Å². The third kappa shape index (κ3) is 10.2. The summed E-state index contributed by atoms with van der Waals surface area (Å²) in [5.74, 6) is -1.84. The lowest BCUT2D eigenvalue weighted by atomic mass is 10.2. The van der Waals surface area contributed by atoms with Crippen molar-refractivity contribution < 1.29 is 40.2 Å². The molecule has 0 bridgehead atoms. The number of ether oxygens (including phenoxy) is 3. The number of methoxy groups -OCH3 is 2. The molecule has 44 heavy (non-hydrogen) atoms. The van der Waals surface area contributed by atoms with Crippen LogP contribution in [0.1, 0.15) is 38.8 Å². The van der Waals surface area contributed by atoms with Gasteiger partial charge in [-0.2, -0.15) is 9.38 Å². The molecule has 2 rings (SSSR count). The molecule has 0 aliphatic carbocycles. The Labute approximate surface area is 257 Å². The minimum absolute atomic E-state index is 0.263. The van der Waals surface area contributed by atoms with Crippen LogP contribution >= 0.6 is 0 Å². The first-order valence-electron chi connectivity index (χ1n) is 13.0. The summed E-state index contributed by atoms with van der Waals surface area (Å²) >= 11 is 0. The highest BCUT2D eigenvalue weighted by atomic mass is 32.2. The van der Waals surface area contributed by atoms with Gasteiger partial charge in [0.1, 0.15) is 27.8 Å². The number of nitrogens with two attached hydrogens (primary N) is 1. The van der Waals surface area contributed by atoms with E-state index in [2.05, 4.69) is 16.6 Å². The number of aliphatic imine (C=N–C) groups is 2. The number of nitrogens with zero attached hydrogens (tertiary/aromatic N) is 3. The lowest BCUT2D eigenvalue weighted by Gasteiger charge is -2.25. The average molecular weight is 653 g/mol. The Morgan fingerprint density at radius 3 is 1.73 bits per heavy atom. The monoisotopic (exact) mass is 652 g/mol. The zero-order chi connectivity index (χ0) is 33.5. The summed E-state index contributed by atoms with van der Waals surface area (Å²) in [6.45, 7) is 9.50. The molecule has 0 atom stereocenters. The molecule has 0 aliphatic rings. The molecule has 0 radical (unpaired) electrons. The standard InChI is InChI=1S/C29H37FN4O8S2/c1-19(34(6)28(35)42-29(3,4)5)25(31)26(30)33-27(44(38,39)18-22-11-15-24(41-8)16-12-22)32-20(2)43(36,37)17-21-9-13-23(40-7)14-10-21/h9-16H,1,17-18,31H2,2-8H3/b26-25-,32-20+,33-27+. The maximum atomic E-state index is 15.4. The van der Waals surface area contributed by atoms with Crippen LogP contribution in [0.3, 0.4) is 0 Å². The fourth-order valence-electron chi connectivity index (χ4n) is 3.30. The minimum Gasteiger partial charge on any atom is -0.497 e. The van der Waals surface area contributed by atoms with Crippen molar-refractivity contribution in [1.82, 2.24) is 4.90 Å². The summed E-state index contributed by atoms with van der Waals surface area (Å²) in [6.07, 6.45) is -0.909. The molecule has 2 N–H and O–H groups in total. The largest absolute Gasteiger partial charge is 0.497 e. The Morgan fingerprint density at radius 2 is 1.32 bits per heavy atom. The molecule has 0 unspecified atom stereocenters. The highest BCUT2D eigenvalue weighted by molar-refractivity contribution is 8.07.